The van der Waals surface area contributed by atoms with Crippen LogP contribution in [0.15, 0.2) is 0 Å². The van der Waals surface area contributed by atoms with Gasteiger partial charge in [0, 0.05) is 5.75 Å². The molecule has 2 fully saturated rings. The molecule has 1 amide bonds. The maximum atomic E-state index is 12.1. The Morgan fingerprint density at radius 1 is 0.966 bits per heavy atom. The molecule has 0 aromatic heterocycles. The van der Waals surface area contributed by atoms with Gasteiger partial charge in [0.1, 0.15) is 61.0 Å². The normalized spacial score (nSPS) is 46.9. The zero-order chi connectivity index (χ0) is 22.0. The number of hydrogen-bond acceptors (Lipinski definition) is 13. The van der Waals surface area contributed by atoms with Gasteiger partial charge in [0.15, 0.2) is 6.29 Å². The average molecular weight is 444 g/mol. The van der Waals surface area contributed by atoms with Crippen molar-refractivity contribution in [2.45, 2.75) is 73.3 Å². The van der Waals surface area contributed by atoms with E-state index in [1.807, 2.05) is 0 Å². The number of amides is 1. The summed E-state index contributed by atoms with van der Waals surface area (Å²) in [6, 6.07) is -2.55. The minimum absolute atomic E-state index is 0.0425. The molecule has 1 saturated heterocycles. The van der Waals surface area contributed by atoms with Crippen LogP contribution < -0.4 is 11.1 Å². The van der Waals surface area contributed by atoms with Crippen LogP contribution in [0, 0.1) is 0 Å². The van der Waals surface area contributed by atoms with Crippen LogP contribution >= 0.6 is 12.6 Å². The molecule has 0 bridgehead atoms. The van der Waals surface area contributed by atoms with Gasteiger partial charge >= 0.3 is 0 Å². The molecule has 2 aliphatic rings. The Morgan fingerprint density at radius 2 is 1.48 bits per heavy atom. The van der Waals surface area contributed by atoms with Gasteiger partial charge in [-0.1, -0.05) is 0 Å². The van der Waals surface area contributed by atoms with Crippen LogP contribution in [0.3, 0.4) is 0 Å². The monoisotopic (exact) mass is 444 g/mol. The van der Waals surface area contributed by atoms with E-state index in [0.29, 0.717) is 0 Å². The molecule has 11 N–H and O–H groups in total. The quantitative estimate of drug-likeness (QED) is 0.172. The third-order valence-corrected chi connectivity index (χ3v) is 5.48. The van der Waals surface area contributed by atoms with Crippen LogP contribution in [0.1, 0.15) is 0 Å². The Bertz CT molecular complexity index is 544. The lowest BCUT2D eigenvalue weighted by molar-refractivity contribution is -0.319. The highest BCUT2D eigenvalue weighted by atomic mass is 32.1. The van der Waals surface area contributed by atoms with E-state index in [-0.39, 0.29) is 5.75 Å². The molecule has 1 aliphatic heterocycles. The number of hydrogen-bond donors (Lipinski definition) is 11. The molecule has 0 spiro atoms. The summed E-state index contributed by atoms with van der Waals surface area (Å²) >= 11 is 3.88. The number of carbonyl (C=O) groups is 1. The molecule has 1 aliphatic carbocycles. The van der Waals surface area contributed by atoms with E-state index in [1.165, 1.54) is 0 Å². The minimum atomic E-state index is -1.88. The van der Waals surface area contributed by atoms with E-state index < -0.39 is 85.8 Å². The van der Waals surface area contributed by atoms with Crippen LogP contribution in [0.2, 0.25) is 0 Å². The second-order valence-electron chi connectivity index (χ2n) is 7.08. The molecule has 29 heavy (non-hydrogen) atoms. The summed E-state index contributed by atoms with van der Waals surface area (Å²) in [4.78, 5) is 12.1. The zero-order valence-corrected chi connectivity index (χ0v) is 16.1. The highest BCUT2D eigenvalue weighted by Gasteiger charge is 2.53. The van der Waals surface area contributed by atoms with E-state index in [9.17, 15) is 45.6 Å². The fourth-order valence-corrected chi connectivity index (χ4v) is 3.38. The molecule has 5 unspecified atom stereocenters. The predicted molar refractivity (Wildman–Crippen MR) is 96.4 cm³/mol. The van der Waals surface area contributed by atoms with Crippen LogP contribution in [-0.4, -0.2) is 132 Å². The summed E-state index contributed by atoms with van der Waals surface area (Å²) in [6.07, 6.45) is -17.4. The Labute approximate surface area is 171 Å². The Balaban J connectivity index is 2.25. The number of carbonyl (C=O) groups excluding carboxylic acids is 1. The van der Waals surface area contributed by atoms with Gasteiger partial charge in [-0.3, -0.25) is 4.79 Å². The summed E-state index contributed by atoms with van der Waals surface area (Å²) < 4.78 is 10.8. The third kappa shape index (κ3) is 5.00. The first-order valence-corrected chi connectivity index (χ1v) is 9.53. The van der Waals surface area contributed by atoms with Crippen molar-refractivity contribution < 1.29 is 55.1 Å². The SMILES string of the molecule is N[C@@H](CS)C(=O)N[C@H]1C(OC2C(O)C(O)C(O)C(O)C2O)O[C@H](CO)[C@@H](O)[C@@H]1O. The third-order valence-electron chi connectivity index (χ3n) is 5.09. The highest BCUT2D eigenvalue weighted by Crippen LogP contribution is 2.29. The first-order chi connectivity index (χ1) is 13.5. The van der Waals surface area contributed by atoms with Crippen molar-refractivity contribution in [1.82, 2.24) is 5.32 Å². The molecule has 13 nitrogen and oxygen atoms in total. The molecule has 0 aromatic rings. The molecule has 1 heterocycles. The summed E-state index contributed by atoms with van der Waals surface area (Å²) in [5, 5.41) is 81.6. The van der Waals surface area contributed by atoms with Gasteiger partial charge in [0.25, 0.3) is 0 Å². The van der Waals surface area contributed by atoms with E-state index in [0.717, 1.165) is 0 Å². The lowest BCUT2D eigenvalue weighted by Gasteiger charge is -2.47. The molecule has 14 heteroatoms. The van der Waals surface area contributed by atoms with Gasteiger partial charge in [-0.2, -0.15) is 12.6 Å². The summed E-state index contributed by atoms with van der Waals surface area (Å²) in [6.45, 7) is -0.741. The molecular formula is C15H28N2O11S. The molecule has 170 valence electrons. The van der Waals surface area contributed by atoms with Crippen molar-refractivity contribution in [1.29, 1.82) is 0 Å². The molecule has 2 rings (SSSR count). The first-order valence-electron chi connectivity index (χ1n) is 8.90. The van der Waals surface area contributed by atoms with Crippen LogP contribution in [0.5, 0.6) is 0 Å². The van der Waals surface area contributed by atoms with Gasteiger partial charge in [-0.05, 0) is 0 Å². The number of aliphatic hydroxyl groups excluding tert-OH is 8. The Hall–Kier alpha value is -0.620. The Kier molecular flexibility index (Phi) is 8.61. The molecule has 0 radical (unpaired) electrons. The number of ether oxygens (including phenoxy) is 2. The maximum absolute atomic E-state index is 12.1. The molecule has 0 aromatic carbocycles. The van der Waals surface area contributed by atoms with Crippen LogP contribution in [0.25, 0.3) is 0 Å². The predicted octanol–water partition coefficient (Wildman–Crippen LogP) is -6.63. The number of aliphatic hydroxyl groups is 8. The average Bonchev–Trinajstić information content (AvgIpc) is 2.72. The summed E-state index contributed by atoms with van der Waals surface area (Å²) in [7, 11) is 0. The number of nitrogens with two attached hydrogens (primary N) is 1. The second-order valence-corrected chi connectivity index (χ2v) is 7.45. The lowest BCUT2D eigenvalue weighted by atomic mass is 9.84. The van der Waals surface area contributed by atoms with E-state index in [1.54, 1.807) is 0 Å². The number of rotatable bonds is 6. The fraction of sp³-hybridized carbons (Fsp3) is 0.933. The second kappa shape index (κ2) is 10.1. The molecular weight excluding hydrogens is 416 g/mol. The number of nitrogens with one attached hydrogen (secondary N) is 1. The van der Waals surface area contributed by atoms with Crippen molar-refractivity contribution in [3.05, 3.63) is 0 Å². The Morgan fingerprint density at radius 3 is 1.97 bits per heavy atom. The van der Waals surface area contributed by atoms with Crippen LogP contribution in [-0.2, 0) is 14.3 Å². The number of thiol groups is 1. The maximum Gasteiger partial charge on any atom is 0.238 e. The first kappa shape index (κ1) is 24.6. The minimum Gasteiger partial charge on any atom is -0.394 e. The van der Waals surface area contributed by atoms with Crippen molar-refractivity contribution in [3.8, 4) is 0 Å². The van der Waals surface area contributed by atoms with Gasteiger partial charge in [-0.25, -0.2) is 0 Å². The molecule has 10 atom stereocenters. The van der Waals surface area contributed by atoms with Crippen molar-refractivity contribution >= 4 is 18.5 Å². The van der Waals surface area contributed by atoms with Gasteiger partial charge in [0.2, 0.25) is 5.91 Å². The van der Waals surface area contributed by atoms with E-state index >= 15 is 0 Å². The van der Waals surface area contributed by atoms with Gasteiger partial charge < -0.3 is 61.4 Å². The van der Waals surface area contributed by atoms with Crippen molar-refractivity contribution in [2.24, 2.45) is 5.73 Å². The smallest absolute Gasteiger partial charge is 0.238 e. The standard InChI is InChI=1S/C15H28N2O11S/c16-3(2-29)14(26)17-5-7(20)6(19)4(1-18)27-15(5)28-13-11(24)9(22)8(21)10(23)12(13)25/h3-13,15,18-25,29H,1-2,16H2,(H,17,26)/t3-,4+,5+,6+,7+,8?,9?,10?,11?,12?,13?,15?/m0/s1. The van der Waals surface area contributed by atoms with Gasteiger partial charge in [-0.15, -0.1) is 0 Å². The topological polar surface area (TPSA) is 235 Å². The van der Waals surface area contributed by atoms with Gasteiger partial charge in [0.05, 0.1) is 12.6 Å². The largest absolute Gasteiger partial charge is 0.394 e. The van der Waals surface area contributed by atoms with E-state index in [4.69, 9.17) is 15.2 Å². The summed E-state index contributed by atoms with van der Waals surface area (Å²) in [5.41, 5.74) is 5.56. The van der Waals surface area contributed by atoms with Crippen LogP contribution in [0.4, 0.5) is 0 Å². The fourth-order valence-electron chi connectivity index (χ4n) is 3.22. The van der Waals surface area contributed by atoms with Crippen molar-refractivity contribution in [3.63, 3.8) is 0 Å². The zero-order valence-electron chi connectivity index (χ0n) is 15.2. The molecule has 1 saturated carbocycles. The van der Waals surface area contributed by atoms with Crippen molar-refractivity contribution in [2.75, 3.05) is 12.4 Å². The van der Waals surface area contributed by atoms with E-state index in [2.05, 4.69) is 17.9 Å². The highest BCUT2D eigenvalue weighted by molar-refractivity contribution is 7.80. The summed E-state index contributed by atoms with van der Waals surface area (Å²) in [5.74, 6) is -0.824. The lowest BCUT2D eigenvalue weighted by Crippen LogP contribution is -2.69.